The van der Waals surface area contributed by atoms with E-state index < -0.39 is 0 Å². The molecule has 1 aliphatic heterocycles. The quantitative estimate of drug-likeness (QED) is 0.780. The number of carbonyl (C=O) groups is 1. The van der Waals surface area contributed by atoms with E-state index in [1.807, 2.05) is 13.0 Å². The zero-order chi connectivity index (χ0) is 15.0. The van der Waals surface area contributed by atoms with Crippen LogP contribution in [-0.4, -0.2) is 37.7 Å². The number of hydrogen-bond acceptors (Lipinski definition) is 4. The van der Waals surface area contributed by atoms with E-state index in [1.54, 1.807) is 7.11 Å². The second-order valence-electron chi connectivity index (χ2n) is 5.64. The first kappa shape index (κ1) is 14.9. The molecule has 1 aliphatic carbocycles. The molecule has 1 aromatic rings. The maximum Gasteiger partial charge on any atom is 0.311 e. The predicted molar refractivity (Wildman–Crippen MR) is 83.5 cm³/mol. The number of carbonyl (C=O) groups excluding carboxylic acids is 1. The molecule has 0 spiro atoms. The molecule has 0 amide bonds. The van der Waals surface area contributed by atoms with E-state index in [1.165, 1.54) is 11.1 Å². The van der Waals surface area contributed by atoms with Crippen molar-refractivity contribution < 1.29 is 14.3 Å². The van der Waals surface area contributed by atoms with Gasteiger partial charge in [-0.15, -0.1) is 0 Å². The highest BCUT2D eigenvalue weighted by atomic mass is 79.9. The van der Waals surface area contributed by atoms with Gasteiger partial charge in [-0.1, -0.05) is 15.9 Å². The van der Waals surface area contributed by atoms with Crippen molar-refractivity contribution in [1.29, 1.82) is 0 Å². The van der Waals surface area contributed by atoms with Crippen molar-refractivity contribution in [2.24, 2.45) is 5.92 Å². The number of benzene rings is 1. The van der Waals surface area contributed by atoms with E-state index in [9.17, 15) is 4.79 Å². The average Bonchev–Trinajstić information content (AvgIpc) is 2.80. The van der Waals surface area contributed by atoms with Gasteiger partial charge in [0.05, 0.1) is 19.6 Å². The van der Waals surface area contributed by atoms with Gasteiger partial charge >= 0.3 is 5.97 Å². The normalized spacial score (nSPS) is 21.8. The van der Waals surface area contributed by atoms with Gasteiger partial charge in [-0.05, 0) is 37.5 Å². The van der Waals surface area contributed by atoms with Crippen LogP contribution >= 0.6 is 15.9 Å². The Labute approximate surface area is 133 Å². The van der Waals surface area contributed by atoms with Gasteiger partial charge in [0, 0.05) is 29.2 Å². The van der Waals surface area contributed by atoms with Crippen LogP contribution in [0.3, 0.4) is 0 Å². The molecule has 0 radical (unpaired) electrons. The molecule has 2 aliphatic rings. The number of aryl methyl sites for hydroxylation is 1. The highest BCUT2D eigenvalue weighted by Gasteiger charge is 2.41. The molecule has 3 rings (SSSR count). The summed E-state index contributed by atoms with van der Waals surface area (Å²) in [7, 11) is 1.72. The van der Waals surface area contributed by atoms with Gasteiger partial charge in [0.15, 0.2) is 0 Å². The average molecular weight is 354 g/mol. The van der Waals surface area contributed by atoms with Crippen LogP contribution in [0, 0.1) is 5.92 Å². The SMILES string of the molecule is CCOC(=O)C1CN([C@H]2CCc3cc(Br)cc(OC)c32)C1. The summed E-state index contributed by atoms with van der Waals surface area (Å²) >= 11 is 3.54. The maximum absolute atomic E-state index is 11.7. The number of rotatable bonds is 4. The fourth-order valence-electron chi connectivity index (χ4n) is 3.38. The Morgan fingerprint density at radius 1 is 1.43 bits per heavy atom. The second-order valence-corrected chi connectivity index (χ2v) is 6.55. The molecule has 1 heterocycles. The van der Waals surface area contributed by atoms with Crippen molar-refractivity contribution >= 4 is 21.9 Å². The molecule has 5 heteroatoms. The monoisotopic (exact) mass is 353 g/mol. The molecule has 1 aromatic carbocycles. The van der Waals surface area contributed by atoms with Crippen LogP contribution < -0.4 is 4.74 Å². The van der Waals surface area contributed by atoms with Crippen molar-refractivity contribution in [3.63, 3.8) is 0 Å². The summed E-state index contributed by atoms with van der Waals surface area (Å²) in [5.74, 6) is 0.923. The lowest BCUT2D eigenvalue weighted by Gasteiger charge is -2.42. The molecule has 21 heavy (non-hydrogen) atoms. The number of nitrogens with zero attached hydrogens (tertiary/aromatic N) is 1. The van der Waals surface area contributed by atoms with Crippen LogP contribution in [-0.2, 0) is 16.0 Å². The van der Waals surface area contributed by atoms with Gasteiger partial charge in [0.25, 0.3) is 0 Å². The van der Waals surface area contributed by atoms with Crippen molar-refractivity contribution in [3.05, 3.63) is 27.7 Å². The van der Waals surface area contributed by atoms with Crippen LogP contribution in [0.5, 0.6) is 5.75 Å². The molecule has 1 fully saturated rings. The fraction of sp³-hybridized carbons (Fsp3) is 0.562. The van der Waals surface area contributed by atoms with E-state index in [0.29, 0.717) is 12.6 Å². The van der Waals surface area contributed by atoms with Gasteiger partial charge in [0.2, 0.25) is 0 Å². The molecular formula is C16H20BrNO3. The Bertz CT molecular complexity index is 555. The van der Waals surface area contributed by atoms with Crippen LogP contribution in [0.2, 0.25) is 0 Å². The first-order valence-corrected chi connectivity index (χ1v) is 8.20. The largest absolute Gasteiger partial charge is 0.496 e. The molecule has 0 bridgehead atoms. The Hall–Kier alpha value is -1.07. The third-order valence-electron chi connectivity index (χ3n) is 4.40. The van der Waals surface area contributed by atoms with Gasteiger partial charge < -0.3 is 9.47 Å². The summed E-state index contributed by atoms with van der Waals surface area (Å²) in [6, 6.07) is 4.58. The predicted octanol–water partition coefficient (Wildman–Crippen LogP) is 2.94. The maximum atomic E-state index is 11.7. The lowest BCUT2D eigenvalue weighted by Crippen LogP contribution is -2.51. The van der Waals surface area contributed by atoms with Crippen molar-refractivity contribution in [3.8, 4) is 5.75 Å². The first-order valence-electron chi connectivity index (χ1n) is 7.41. The Balaban J connectivity index is 1.73. The van der Waals surface area contributed by atoms with Gasteiger partial charge in [0.1, 0.15) is 5.75 Å². The number of methoxy groups -OCH3 is 1. The number of hydrogen-bond donors (Lipinski definition) is 0. The molecule has 0 N–H and O–H groups in total. The highest BCUT2D eigenvalue weighted by molar-refractivity contribution is 9.10. The molecule has 114 valence electrons. The van der Waals surface area contributed by atoms with E-state index in [2.05, 4.69) is 26.9 Å². The van der Waals surface area contributed by atoms with E-state index in [0.717, 1.165) is 36.2 Å². The lowest BCUT2D eigenvalue weighted by molar-refractivity contribution is -0.155. The zero-order valence-corrected chi connectivity index (χ0v) is 14.0. The summed E-state index contributed by atoms with van der Waals surface area (Å²) < 4.78 is 11.7. The van der Waals surface area contributed by atoms with Crippen LogP contribution in [0.15, 0.2) is 16.6 Å². The van der Waals surface area contributed by atoms with Crippen molar-refractivity contribution in [1.82, 2.24) is 4.90 Å². The summed E-state index contributed by atoms with van der Waals surface area (Å²) in [5.41, 5.74) is 2.65. The smallest absolute Gasteiger partial charge is 0.311 e. The number of ether oxygens (including phenoxy) is 2. The summed E-state index contributed by atoms with van der Waals surface area (Å²) in [6.45, 7) is 3.90. The molecule has 1 saturated heterocycles. The minimum Gasteiger partial charge on any atom is -0.496 e. The summed E-state index contributed by atoms with van der Waals surface area (Å²) in [6.07, 6.45) is 2.16. The minimum absolute atomic E-state index is 0.0374. The van der Waals surface area contributed by atoms with E-state index >= 15 is 0 Å². The van der Waals surface area contributed by atoms with E-state index in [-0.39, 0.29) is 11.9 Å². The molecule has 0 unspecified atom stereocenters. The number of fused-ring (bicyclic) bond motifs is 1. The topological polar surface area (TPSA) is 38.8 Å². The third kappa shape index (κ3) is 2.69. The van der Waals surface area contributed by atoms with Crippen LogP contribution in [0.1, 0.15) is 30.5 Å². The summed E-state index contributed by atoms with van der Waals surface area (Å²) in [4.78, 5) is 14.1. The lowest BCUT2D eigenvalue weighted by atomic mass is 9.95. The van der Waals surface area contributed by atoms with Crippen LogP contribution in [0.25, 0.3) is 0 Å². The number of esters is 1. The van der Waals surface area contributed by atoms with E-state index in [4.69, 9.17) is 9.47 Å². The standard InChI is InChI=1S/C16H20BrNO3/c1-3-21-16(19)11-8-18(9-11)13-5-4-10-6-12(17)7-14(20-2)15(10)13/h6-7,11,13H,3-5,8-9H2,1-2H3/t13-/m0/s1. The van der Waals surface area contributed by atoms with Gasteiger partial charge in [-0.2, -0.15) is 0 Å². The molecule has 0 aromatic heterocycles. The zero-order valence-electron chi connectivity index (χ0n) is 12.4. The molecule has 1 atom stereocenters. The molecular weight excluding hydrogens is 334 g/mol. The minimum atomic E-state index is -0.0604. The van der Waals surface area contributed by atoms with Crippen molar-refractivity contribution in [2.45, 2.75) is 25.8 Å². The molecule has 4 nitrogen and oxygen atoms in total. The Morgan fingerprint density at radius 2 is 2.19 bits per heavy atom. The first-order chi connectivity index (χ1) is 10.1. The Morgan fingerprint density at radius 3 is 2.86 bits per heavy atom. The third-order valence-corrected chi connectivity index (χ3v) is 4.86. The van der Waals surface area contributed by atoms with Gasteiger partial charge in [-0.25, -0.2) is 0 Å². The number of halogens is 1. The van der Waals surface area contributed by atoms with Crippen molar-refractivity contribution in [2.75, 3.05) is 26.8 Å². The summed E-state index contributed by atoms with van der Waals surface area (Å²) in [5, 5.41) is 0. The van der Waals surface area contributed by atoms with Crippen LogP contribution in [0.4, 0.5) is 0 Å². The second kappa shape index (κ2) is 5.97. The fourth-order valence-corrected chi connectivity index (χ4v) is 3.86. The highest BCUT2D eigenvalue weighted by Crippen LogP contribution is 2.45. The molecule has 0 saturated carbocycles. The number of likely N-dealkylation sites (tertiary alicyclic amines) is 1. The Kier molecular flexibility index (Phi) is 4.22. The van der Waals surface area contributed by atoms with Gasteiger partial charge in [-0.3, -0.25) is 9.69 Å².